The largest absolute Gasteiger partial charge is 0.313 e. The summed E-state index contributed by atoms with van der Waals surface area (Å²) in [5.74, 6) is 0. The highest BCUT2D eigenvalue weighted by molar-refractivity contribution is 4.98. The van der Waals surface area contributed by atoms with Crippen LogP contribution in [0.25, 0.3) is 0 Å². The van der Waals surface area contributed by atoms with Crippen molar-refractivity contribution >= 4 is 0 Å². The molecule has 78 valence electrons. The van der Waals surface area contributed by atoms with Crippen LogP contribution in [0, 0.1) is 5.41 Å². The summed E-state index contributed by atoms with van der Waals surface area (Å²) in [5.41, 5.74) is 0.745. The summed E-state index contributed by atoms with van der Waals surface area (Å²) in [6, 6.07) is 0.852. The van der Waals surface area contributed by atoms with Crippen LogP contribution < -0.4 is 5.32 Å². The molecule has 1 heteroatoms. The lowest BCUT2D eigenvalue weighted by Crippen LogP contribution is -2.33. The molecule has 0 bridgehead atoms. The molecule has 1 atom stereocenters. The van der Waals surface area contributed by atoms with Gasteiger partial charge in [-0.05, 0) is 37.6 Å². The predicted octanol–water partition coefficient (Wildman–Crippen LogP) is 3.34. The lowest BCUT2D eigenvalue weighted by molar-refractivity contribution is 0.250. The van der Waals surface area contributed by atoms with E-state index in [4.69, 9.17) is 0 Å². The van der Waals surface area contributed by atoms with E-state index in [2.05, 4.69) is 12.2 Å². The normalized spacial score (nSPS) is 30.2. The average molecular weight is 183 g/mol. The van der Waals surface area contributed by atoms with Crippen LogP contribution in [0.2, 0.25) is 0 Å². The third-order valence-corrected chi connectivity index (χ3v) is 3.76. The summed E-state index contributed by atoms with van der Waals surface area (Å²) in [7, 11) is 0. The van der Waals surface area contributed by atoms with Crippen LogP contribution in [0.15, 0.2) is 0 Å². The zero-order valence-corrected chi connectivity index (χ0v) is 9.53. The molecule has 2 aliphatic rings. The maximum absolute atomic E-state index is 3.64. The molecular formula is C12H25N. The molecule has 1 spiro atoms. The minimum atomic E-state index is 0.745. The molecule has 0 aromatic carbocycles. The van der Waals surface area contributed by atoms with Gasteiger partial charge in [0.25, 0.3) is 0 Å². The Balaban J connectivity index is 0.000000396. The Labute approximate surface area is 83.3 Å². The van der Waals surface area contributed by atoms with Gasteiger partial charge in [-0.25, -0.2) is 0 Å². The molecule has 1 saturated heterocycles. The van der Waals surface area contributed by atoms with E-state index in [1.807, 2.05) is 13.8 Å². The lowest BCUT2D eigenvalue weighted by atomic mass is 9.78. The van der Waals surface area contributed by atoms with Gasteiger partial charge in [0.2, 0.25) is 0 Å². The molecule has 1 heterocycles. The predicted molar refractivity (Wildman–Crippen MR) is 58.9 cm³/mol. The minimum absolute atomic E-state index is 0.745. The first-order valence-electron chi connectivity index (χ1n) is 6.11. The lowest BCUT2D eigenvalue weighted by Gasteiger charge is -2.29. The molecule has 1 aliphatic heterocycles. The first-order valence-corrected chi connectivity index (χ1v) is 6.11. The van der Waals surface area contributed by atoms with Crippen molar-refractivity contribution in [1.82, 2.24) is 5.32 Å². The Morgan fingerprint density at radius 2 is 1.77 bits per heavy atom. The van der Waals surface area contributed by atoms with E-state index >= 15 is 0 Å². The van der Waals surface area contributed by atoms with E-state index in [9.17, 15) is 0 Å². The highest BCUT2D eigenvalue weighted by Gasteiger charge is 2.43. The minimum Gasteiger partial charge on any atom is -0.313 e. The fourth-order valence-corrected chi connectivity index (χ4v) is 3.14. The highest BCUT2D eigenvalue weighted by atomic mass is 15.0. The number of nitrogens with one attached hydrogen (secondary N) is 1. The molecule has 1 saturated carbocycles. The van der Waals surface area contributed by atoms with E-state index in [0.717, 1.165) is 11.5 Å². The van der Waals surface area contributed by atoms with Crippen LogP contribution in [0.1, 0.15) is 59.3 Å². The fraction of sp³-hybridized carbons (Fsp3) is 1.00. The molecule has 13 heavy (non-hydrogen) atoms. The standard InChI is InChI=1S/C10H19N.C2H6/c1-2-9-10(7-8-11-9)5-3-4-6-10;1-2/h9,11H,2-8H2,1H3;1-2H3. The molecule has 1 unspecified atom stereocenters. The van der Waals surface area contributed by atoms with E-state index < -0.39 is 0 Å². The van der Waals surface area contributed by atoms with Crippen LogP contribution in [-0.2, 0) is 0 Å². The van der Waals surface area contributed by atoms with Gasteiger partial charge in [0.15, 0.2) is 0 Å². The maximum atomic E-state index is 3.64. The summed E-state index contributed by atoms with van der Waals surface area (Å²) in [4.78, 5) is 0. The Bertz CT molecular complexity index is 131. The summed E-state index contributed by atoms with van der Waals surface area (Å²) >= 11 is 0. The zero-order valence-electron chi connectivity index (χ0n) is 9.53. The van der Waals surface area contributed by atoms with Gasteiger partial charge in [-0.1, -0.05) is 33.6 Å². The van der Waals surface area contributed by atoms with Crippen molar-refractivity contribution in [2.24, 2.45) is 5.41 Å². The molecule has 2 rings (SSSR count). The molecular weight excluding hydrogens is 158 g/mol. The zero-order chi connectivity index (χ0) is 9.73. The molecule has 1 N–H and O–H groups in total. The van der Waals surface area contributed by atoms with Crippen molar-refractivity contribution in [2.45, 2.75) is 65.3 Å². The number of hydrogen-bond donors (Lipinski definition) is 1. The third-order valence-electron chi connectivity index (χ3n) is 3.76. The maximum Gasteiger partial charge on any atom is 0.0121 e. The van der Waals surface area contributed by atoms with Crippen molar-refractivity contribution in [3.05, 3.63) is 0 Å². The van der Waals surface area contributed by atoms with Crippen molar-refractivity contribution in [2.75, 3.05) is 6.54 Å². The summed E-state index contributed by atoms with van der Waals surface area (Å²) in [6.07, 6.45) is 8.75. The molecule has 0 radical (unpaired) electrons. The number of hydrogen-bond acceptors (Lipinski definition) is 1. The molecule has 1 nitrogen and oxygen atoms in total. The van der Waals surface area contributed by atoms with Gasteiger partial charge < -0.3 is 5.32 Å². The monoisotopic (exact) mass is 183 g/mol. The summed E-state index contributed by atoms with van der Waals surface area (Å²) < 4.78 is 0. The van der Waals surface area contributed by atoms with Crippen molar-refractivity contribution in [1.29, 1.82) is 0 Å². The SMILES string of the molecule is CC.CCC1NCCC12CCCC2. The second kappa shape index (κ2) is 4.99. The van der Waals surface area contributed by atoms with E-state index in [1.165, 1.54) is 45.1 Å². The summed E-state index contributed by atoms with van der Waals surface area (Å²) in [6.45, 7) is 7.60. The Kier molecular flexibility index (Phi) is 4.24. The Morgan fingerprint density at radius 3 is 2.31 bits per heavy atom. The third kappa shape index (κ3) is 2.07. The molecule has 0 aromatic rings. The van der Waals surface area contributed by atoms with Gasteiger partial charge in [0, 0.05) is 6.04 Å². The smallest absolute Gasteiger partial charge is 0.0121 e. The highest BCUT2D eigenvalue weighted by Crippen LogP contribution is 2.47. The van der Waals surface area contributed by atoms with E-state index in [0.29, 0.717) is 0 Å². The molecule has 1 aliphatic carbocycles. The van der Waals surface area contributed by atoms with Crippen LogP contribution in [0.4, 0.5) is 0 Å². The van der Waals surface area contributed by atoms with Crippen molar-refractivity contribution in [3.63, 3.8) is 0 Å². The summed E-state index contributed by atoms with van der Waals surface area (Å²) in [5, 5.41) is 3.64. The van der Waals surface area contributed by atoms with Gasteiger partial charge in [-0.3, -0.25) is 0 Å². The van der Waals surface area contributed by atoms with Gasteiger partial charge in [-0.2, -0.15) is 0 Å². The van der Waals surface area contributed by atoms with Crippen LogP contribution in [-0.4, -0.2) is 12.6 Å². The van der Waals surface area contributed by atoms with Gasteiger partial charge >= 0.3 is 0 Å². The van der Waals surface area contributed by atoms with Crippen LogP contribution in [0.3, 0.4) is 0 Å². The average Bonchev–Trinajstić information content (AvgIpc) is 2.80. The first-order chi connectivity index (χ1) is 6.37. The van der Waals surface area contributed by atoms with E-state index in [1.54, 1.807) is 0 Å². The molecule has 0 amide bonds. The van der Waals surface area contributed by atoms with Crippen LogP contribution >= 0.6 is 0 Å². The Hall–Kier alpha value is -0.0400. The first kappa shape index (κ1) is 11.0. The quantitative estimate of drug-likeness (QED) is 0.657. The van der Waals surface area contributed by atoms with Crippen LogP contribution in [0.5, 0.6) is 0 Å². The molecule has 2 fully saturated rings. The van der Waals surface area contributed by atoms with Gasteiger partial charge in [-0.15, -0.1) is 0 Å². The second-order valence-electron chi connectivity index (χ2n) is 4.23. The topological polar surface area (TPSA) is 12.0 Å². The Morgan fingerprint density at radius 1 is 1.15 bits per heavy atom. The second-order valence-corrected chi connectivity index (χ2v) is 4.23. The van der Waals surface area contributed by atoms with Crippen molar-refractivity contribution in [3.8, 4) is 0 Å². The van der Waals surface area contributed by atoms with Gasteiger partial charge in [0.1, 0.15) is 0 Å². The van der Waals surface area contributed by atoms with Crippen molar-refractivity contribution < 1.29 is 0 Å². The van der Waals surface area contributed by atoms with E-state index in [-0.39, 0.29) is 0 Å². The number of rotatable bonds is 1. The fourth-order valence-electron chi connectivity index (χ4n) is 3.14. The van der Waals surface area contributed by atoms with Gasteiger partial charge in [0.05, 0.1) is 0 Å². The molecule has 0 aromatic heterocycles.